The van der Waals surface area contributed by atoms with Crippen LogP contribution in [0.1, 0.15) is 26.6 Å². The Hall–Kier alpha value is -2.40. The first-order valence-electron chi connectivity index (χ1n) is 6.96. The Morgan fingerprint density at radius 3 is 3.00 bits per heavy atom. The predicted octanol–water partition coefficient (Wildman–Crippen LogP) is 3.37. The van der Waals surface area contributed by atoms with Crippen LogP contribution in [0.2, 0.25) is 0 Å². The molecule has 0 unspecified atom stereocenters. The molecule has 22 heavy (non-hydrogen) atoms. The minimum atomic E-state index is -0.314. The fraction of sp³-hybridized carbons (Fsp3) is 0.176. The van der Waals surface area contributed by atoms with Crippen LogP contribution in [0, 0.1) is 0 Å². The molecule has 112 valence electrons. The molecule has 0 aliphatic rings. The van der Waals surface area contributed by atoms with Crippen molar-refractivity contribution in [2.75, 3.05) is 7.11 Å². The van der Waals surface area contributed by atoms with Crippen LogP contribution in [0.5, 0.6) is 0 Å². The highest BCUT2D eigenvalue weighted by Crippen LogP contribution is 2.15. The maximum absolute atomic E-state index is 11.6. The molecule has 0 bridgehead atoms. The van der Waals surface area contributed by atoms with Crippen LogP contribution in [0.4, 0.5) is 0 Å². The van der Waals surface area contributed by atoms with E-state index in [-0.39, 0.29) is 5.97 Å². The average Bonchev–Trinajstić information content (AvgIpc) is 3.20. The Morgan fingerprint density at radius 1 is 1.32 bits per heavy atom. The molecule has 0 radical (unpaired) electrons. The Kier molecular flexibility index (Phi) is 4.34. The number of aromatic nitrogens is 2. The van der Waals surface area contributed by atoms with Gasteiger partial charge < -0.3 is 9.30 Å². The van der Waals surface area contributed by atoms with Gasteiger partial charge in [-0.15, -0.1) is 11.3 Å². The Balaban J connectivity index is 1.79. The van der Waals surface area contributed by atoms with Crippen molar-refractivity contribution in [1.82, 2.24) is 9.55 Å². The fourth-order valence-corrected chi connectivity index (χ4v) is 3.03. The second kappa shape index (κ2) is 6.58. The summed E-state index contributed by atoms with van der Waals surface area (Å²) in [4.78, 5) is 17.3. The quantitative estimate of drug-likeness (QED) is 0.679. The van der Waals surface area contributed by atoms with Gasteiger partial charge >= 0.3 is 5.97 Å². The predicted molar refractivity (Wildman–Crippen MR) is 86.2 cm³/mol. The van der Waals surface area contributed by atoms with Gasteiger partial charge in [-0.2, -0.15) is 0 Å². The number of hydrogen-bond donors (Lipinski definition) is 0. The van der Waals surface area contributed by atoms with Gasteiger partial charge in [0.2, 0.25) is 0 Å². The van der Waals surface area contributed by atoms with E-state index in [0.717, 1.165) is 17.8 Å². The molecule has 3 aromatic rings. The molecule has 0 aliphatic carbocycles. The average molecular weight is 312 g/mol. The number of rotatable bonds is 5. The van der Waals surface area contributed by atoms with E-state index < -0.39 is 0 Å². The number of esters is 1. The zero-order valence-electron chi connectivity index (χ0n) is 12.2. The molecular weight excluding hydrogens is 296 g/mol. The smallest absolute Gasteiger partial charge is 0.337 e. The van der Waals surface area contributed by atoms with Crippen molar-refractivity contribution in [3.8, 4) is 0 Å². The number of ether oxygens (including phenoxy) is 1. The second-order valence-corrected chi connectivity index (χ2v) is 5.95. The van der Waals surface area contributed by atoms with Gasteiger partial charge in [-0.25, -0.2) is 9.78 Å². The Bertz CT molecular complexity index is 763. The van der Waals surface area contributed by atoms with Crippen molar-refractivity contribution in [1.29, 1.82) is 0 Å². The fourth-order valence-electron chi connectivity index (χ4n) is 2.33. The molecule has 0 N–H and O–H groups in total. The van der Waals surface area contributed by atoms with Gasteiger partial charge in [-0.1, -0.05) is 18.2 Å². The molecule has 0 amide bonds. The van der Waals surface area contributed by atoms with E-state index in [1.165, 1.54) is 12.0 Å². The summed E-state index contributed by atoms with van der Waals surface area (Å²) < 4.78 is 6.87. The molecular formula is C17H16N2O2S. The normalized spacial score (nSPS) is 10.6. The van der Waals surface area contributed by atoms with Gasteiger partial charge in [0.15, 0.2) is 0 Å². The van der Waals surface area contributed by atoms with E-state index in [0.29, 0.717) is 12.1 Å². The van der Waals surface area contributed by atoms with Crippen molar-refractivity contribution in [3.63, 3.8) is 0 Å². The number of hydrogen-bond acceptors (Lipinski definition) is 4. The van der Waals surface area contributed by atoms with Crippen molar-refractivity contribution >= 4 is 17.3 Å². The Labute approximate surface area is 133 Å². The molecule has 4 nitrogen and oxygen atoms in total. The van der Waals surface area contributed by atoms with Gasteiger partial charge in [-0.3, -0.25) is 0 Å². The molecule has 3 rings (SSSR count). The summed E-state index contributed by atoms with van der Waals surface area (Å²) in [6.07, 6.45) is 4.60. The van der Waals surface area contributed by atoms with Crippen molar-refractivity contribution in [2.24, 2.45) is 0 Å². The molecule has 0 fully saturated rings. The second-order valence-electron chi connectivity index (χ2n) is 4.92. The van der Waals surface area contributed by atoms with Crippen molar-refractivity contribution < 1.29 is 9.53 Å². The van der Waals surface area contributed by atoms with Gasteiger partial charge in [0.05, 0.1) is 12.7 Å². The summed E-state index contributed by atoms with van der Waals surface area (Å²) in [5.41, 5.74) is 1.62. The molecule has 0 aliphatic heterocycles. The van der Waals surface area contributed by atoms with E-state index in [9.17, 15) is 4.79 Å². The summed E-state index contributed by atoms with van der Waals surface area (Å²) in [5, 5.41) is 2.07. The first-order valence-corrected chi connectivity index (χ1v) is 7.84. The number of nitrogens with zero attached hydrogens (tertiary/aromatic N) is 2. The lowest BCUT2D eigenvalue weighted by Crippen LogP contribution is -2.06. The maximum atomic E-state index is 11.6. The number of carbonyl (C=O) groups is 1. The molecule has 2 heterocycles. The highest BCUT2D eigenvalue weighted by atomic mass is 32.1. The number of methoxy groups -OCH3 is 1. The first-order chi connectivity index (χ1) is 10.8. The summed E-state index contributed by atoms with van der Waals surface area (Å²) >= 11 is 1.73. The minimum Gasteiger partial charge on any atom is -0.465 e. The van der Waals surface area contributed by atoms with Crippen LogP contribution in [0.25, 0.3) is 0 Å². The van der Waals surface area contributed by atoms with Crippen LogP contribution in [0.3, 0.4) is 0 Å². The zero-order valence-corrected chi connectivity index (χ0v) is 13.0. The summed E-state index contributed by atoms with van der Waals surface area (Å²) in [7, 11) is 1.39. The summed E-state index contributed by atoms with van der Waals surface area (Å²) in [5.74, 6) is 0.706. The lowest BCUT2D eigenvalue weighted by molar-refractivity contribution is 0.0600. The van der Waals surface area contributed by atoms with Gasteiger partial charge in [0.1, 0.15) is 5.82 Å². The standard InChI is InChI=1S/C17H16N2O2S/c1-21-17(20)14-5-2-4-13(10-14)12-19-8-7-18-16(19)11-15-6-3-9-22-15/h2-10H,11-12H2,1H3. The molecule has 0 saturated heterocycles. The van der Waals surface area contributed by atoms with Gasteiger partial charge in [0, 0.05) is 30.2 Å². The molecule has 0 saturated carbocycles. The lowest BCUT2D eigenvalue weighted by atomic mass is 10.1. The highest BCUT2D eigenvalue weighted by molar-refractivity contribution is 7.09. The lowest BCUT2D eigenvalue weighted by Gasteiger charge is -2.08. The van der Waals surface area contributed by atoms with E-state index in [1.807, 2.05) is 36.7 Å². The van der Waals surface area contributed by atoms with E-state index in [4.69, 9.17) is 4.74 Å². The molecule has 0 spiro atoms. The molecule has 5 heteroatoms. The monoisotopic (exact) mass is 312 g/mol. The van der Waals surface area contributed by atoms with E-state index >= 15 is 0 Å². The number of thiophene rings is 1. The van der Waals surface area contributed by atoms with Gasteiger partial charge in [-0.05, 0) is 29.1 Å². The van der Waals surface area contributed by atoms with Crippen LogP contribution in [0.15, 0.2) is 54.2 Å². The van der Waals surface area contributed by atoms with Crippen LogP contribution >= 0.6 is 11.3 Å². The maximum Gasteiger partial charge on any atom is 0.337 e. The molecule has 0 atom stereocenters. The first kappa shape index (κ1) is 14.5. The zero-order chi connectivity index (χ0) is 15.4. The number of carbonyl (C=O) groups excluding carboxylic acids is 1. The van der Waals surface area contributed by atoms with Crippen molar-refractivity contribution in [3.05, 3.63) is 76.0 Å². The third-order valence-electron chi connectivity index (χ3n) is 3.42. The van der Waals surface area contributed by atoms with Gasteiger partial charge in [0.25, 0.3) is 0 Å². The van der Waals surface area contributed by atoms with Crippen molar-refractivity contribution in [2.45, 2.75) is 13.0 Å². The SMILES string of the molecule is COC(=O)c1cccc(Cn2ccnc2Cc2cccs2)c1. The largest absolute Gasteiger partial charge is 0.465 e. The minimum absolute atomic E-state index is 0.314. The van der Waals surface area contributed by atoms with Crippen LogP contribution in [-0.2, 0) is 17.7 Å². The summed E-state index contributed by atoms with van der Waals surface area (Å²) in [6.45, 7) is 0.686. The third kappa shape index (κ3) is 3.26. The topological polar surface area (TPSA) is 44.1 Å². The van der Waals surface area contributed by atoms with Crippen LogP contribution < -0.4 is 0 Å². The number of imidazole rings is 1. The molecule has 2 aromatic heterocycles. The highest BCUT2D eigenvalue weighted by Gasteiger charge is 2.08. The summed E-state index contributed by atoms with van der Waals surface area (Å²) in [6, 6.07) is 11.7. The van der Waals surface area contributed by atoms with E-state index in [2.05, 4.69) is 21.0 Å². The third-order valence-corrected chi connectivity index (χ3v) is 4.29. The Morgan fingerprint density at radius 2 is 2.23 bits per heavy atom. The molecule has 1 aromatic carbocycles. The van der Waals surface area contributed by atoms with E-state index in [1.54, 1.807) is 17.4 Å². The number of benzene rings is 1. The van der Waals surface area contributed by atoms with Crippen LogP contribution in [-0.4, -0.2) is 22.6 Å².